The normalized spacial score (nSPS) is 11.5. The van der Waals surface area contributed by atoms with Crippen molar-refractivity contribution < 1.29 is 4.79 Å². The van der Waals surface area contributed by atoms with Crippen LogP contribution in [0, 0.1) is 6.92 Å². The minimum absolute atomic E-state index is 0.0321. The number of rotatable bonds is 4. The smallest absolute Gasteiger partial charge is 0.246 e. The highest BCUT2D eigenvalue weighted by atomic mass is 32.1. The van der Waals surface area contributed by atoms with Crippen LogP contribution in [0.25, 0.3) is 0 Å². The fourth-order valence-corrected chi connectivity index (χ4v) is 2.13. The van der Waals surface area contributed by atoms with Crippen LogP contribution >= 0.6 is 11.3 Å². The lowest BCUT2D eigenvalue weighted by molar-refractivity contribution is -0.117. The number of nitrogens with one attached hydrogen (secondary N) is 1. The molecule has 1 aromatic rings. The molecular formula is C12H17NOS. The van der Waals surface area contributed by atoms with Gasteiger partial charge in [0.1, 0.15) is 0 Å². The van der Waals surface area contributed by atoms with Crippen molar-refractivity contribution in [2.75, 3.05) is 0 Å². The zero-order chi connectivity index (χ0) is 11.3. The Bertz CT molecular complexity index is 365. The molecule has 15 heavy (non-hydrogen) atoms. The summed E-state index contributed by atoms with van der Waals surface area (Å²) in [4.78, 5) is 12.8. The summed E-state index contributed by atoms with van der Waals surface area (Å²) < 4.78 is 0. The van der Waals surface area contributed by atoms with Gasteiger partial charge in [-0.15, -0.1) is 11.3 Å². The topological polar surface area (TPSA) is 29.1 Å². The molecule has 0 aliphatic heterocycles. The van der Waals surface area contributed by atoms with Crippen LogP contribution in [-0.4, -0.2) is 5.91 Å². The van der Waals surface area contributed by atoms with Gasteiger partial charge >= 0.3 is 0 Å². The number of thiophene rings is 1. The van der Waals surface area contributed by atoms with Crippen molar-refractivity contribution >= 4 is 17.2 Å². The predicted octanol–water partition coefficient (Wildman–Crippen LogP) is 3.03. The molecule has 0 atom stereocenters. The average Bonchev–Trinajstić information content (AvgIpc) is 2.61. The lowest BCUT2D eigenvalue weighted by Crippen LogP contribution is -2.23. The van der Waals surface area contributed by atoms with E-state index >= 15 is 0 Å². The summed E-state index contributed by atoms with van der Waals surface area (Å²) in [7, 11) is 0. The number of aryl methyl sites for hydroxylation is 1. The maximum atomic E-state index is 11.6. The molecule has 0 unspecified atom stereocenters. The first-order valence-electron chi connectivity index (χ1n) is 5.13. The highest BCUT2D eigenvalue weighted by molar-refractivity contribution is 7.10. The standard InChI is InChI=1S/C12H17NOS/c1-4-5-10(3)12(14)13-8-11-9(2)6-7-15-11/h5-7H,4,8H2,1-3H3,(H,13,14)/b10-5+. The molecule has 0 bridgehead atoms. The Kier molecular flexibility index (Phi) is 4.56. The molecule has 2 nitrogen and oxygen atoms in total. The molecule has 0 aromatic carbocycles. The first kappa shape index (κ1) is 12.0. The maximum Gasteiger partial charge on any atom is 0.246 e. The number of amides is 1. The molecule has 1 amide bonds. The van der Waals surface area contributed by atoms with Crippen molar-refractivity contribution in [3.05, 3.63) is 33.5 Å². The third kappa shape index (κ3) is 3.51. The van der Waals surface area contributed by atoms with Gasteiger partial charge in [-0.25, -0.2) is 0 Å². The second-order valence-corrected chi connectivity index (χ2v) is 4.51. The second-order valence-electron chi connectivity index (χ2n) is 3.50. The van der Waals surface area contributed by atoms with Gasteiger partial charge in [0.25, 0.3) is 0 Å². The molecule has 0 spiro atoms. The molecule has 3 heteroatoms. The van der Waals surface area contributed by atoms with E-state index in [1.165, 1.54) is 10.4 Å². The van der Waals surface area contributed by atoms with Crippen LogP contribution in [0.5, 0.6) is 0 Å². The quantitative estimate of drug-likeness (QED) is 0.781. The molecule has 0 fully saturated rings. The van der Waals surface area contributed by atoms with Gasteiger partial charge in [0.05, 0.1) is 6.54 Å². The molecule has 0 saturated carbocycles. The Morgan fingerprint density at radius 2 is 2.33 bits per heavy atom. The van der Waals surface area contributed by atoms with Crippen LogP contribution in [0.2, 0.25) is 0 Å². The minimum Gasteiger partial charge on any atom is -0.347 e. The van der Waals surface area contributed by atoms with Crippen LogP contribution in [0.4, 0.5) is 0 Å². The Morgan fingerprint density at radius 1 is 1.60 bits per heavy atom. The van der Waals surface area contributed by atoms with E-state index in [-0.39, 0.29) is 5.91 Å². The van der Waals surface area contributed by atoms with Gasteiger partial charge in [-0.2, -0.15) is 0 Å². The molecule has 82 valence electrons. The molecule has 0 saturated heterocycles. The van der Waals surface area contributed by atoms with Crippen molar-refractivity contribution in [1.29, 1.82) is 0 Å². The zero-order valence-corrected chi connectivity index (χ0v) is 10.3. The monoisotopic (exact) mass is 223 g/mol. The number of carbonyl (C=O) groups is 1. The summed E-state index contributed by atoms with van der Waals surface area (Å²) in [5, 5.41) is 4.96. The Balaban J connectivity index is 2.48. The Morgan fingerprint density at radius 3 is 2.87 bits per heavy atom. The lowest BCUT2D eigenvalue weighted by atomic mass is 10.2. The largest absolute Gasteiger partial charge is 0.347 e. The van der Waals surface area contributed by atoms with E-state index in [4.69, 9.17) is 0 Å². The van der Waals surface area contributed by atoms with E-state index in [9.17, 15) is 4.79 Å². The van der Waals surface area contributed by atoms with Crippen LogP contribution in [0.15, 0.2) is 23.1 Å². The lowest BCUT2D eigenvalue weighted by Gasteiger charge is -2.04. The highest BCUT2D eigenvalue weighted by Gasteiger charge is 2.04. The van der Waals surface area contributed by atoms with Gasteiger partial charge in [0, 0.05) is 10.5 Å². The summed E-state index contributed by atoms with van der Waals surface area (Å²) in [6.07, 6.45) is 2.84. The molecular weight excluding hydrogens is 206 g/mol. The minimum atomic E-state index is 0.0321. The zero-order valence-electron chi connectivity index (χ0n) is 9.46. The second kappa shape index (κ2) is 5.71. The van der Waals surface area contributed by atoms with Crippen molar-refractivity contribution in [3.8, 4) is 0 Å². The van der Waals surface area contributed by atoms with E-state index < -0.39 is 0 Å². The van der Waals surface area contributed by atoms with E-state index in [2.05, 4.69) is 18.3 Å². The summed E-state index contributed by atoms with van der Waals surface area (Å²) in [5.41, 5.74) is 2.05. The first-order valence-corrected chi connectivity index (χ1v) is 6.01. The summed E-state index contributed by atoms with van der Waals surface area (Å²) >= 11 is 1.68. The van der Waals surface area contributed by atoms with E-state index in [1.807, 2.05) is 25.3 Å². The molecule has 1 rings (SSSR count). The fourth-order valence-electron chi connectivity index (χ4n) is 1.28. The Hall–Kier alpha value is -1.09. The predicted molar refractivity (Wildman–Crippen MR) is 65.0 cm³/mol. The van der Waals surface area contributed by atoms with E-state index in [0.717, 1.165) is 12.0 Å². The van der Waals surface area contributed by atoms with Crippen LogP contribution in [0.3, 0.4) is 0 Å². The van der Waals surface area contributed by atoms with Gasteiger partial charge < -0.3 is 5.32 Å². The van der Waals surface area contributed by atoms with Gasteiger partial charge in [-0.05, 0) is 37.3 Å². The number of hydrogen-bond donors (Lipinski definition) is 1. The van der Waals surface area contributed by atoms with Crippen LogP contribution in [-0.2, 0) is 11.3 Å². The van der Waals surface area contributed by atoms with Crippen molar-refractivity contribution in [3.63, 3.8) is 0 Å². The number of allylic oxidation sites excluding steroid dienone is 1. The molecule has 1 N–H and O–H groups in total. The molecule has 0 radical (unpaired) electrons. The summed E-state index contributed by atoms with van der Waals surface area (Å²) in [6.45, 7) is 6.57. The fraction of sp³-hybridized carbons (Fsp3) is 0.417. The molecule has 1 heterocycles. The third-order valence-electron chi connectivity index (χ3n) is 2.25. The van der Waals surface area contributed by atoms with E-state index in [1.54, 1.807) is 11.3 Å². The molecule has 1 aromatic heterocycles. The van der Waals surface area contributed by atoms with Gasteiger partial charge in [-0.3, -0.25) is 4.79 Å². The molecule has 0 aliphatic carbocycles. The van der Waals surface area contributed by atoms with Gasteiger partial charge in [-0.1, -0.05) is 13.0 Å². The average molecular weight is 223 g/mol. The van der Waals surface area contributed by atoms with E-state index in [0.29, 0.717) is 6.54 Å². The maximum absolute atomic E-state index is 11.6. The van der Waals surface area contributed by atoms with Gasteiger partial charge in [0.15, 0.2) is 0 Å². The Labute approximate surface area is 95.0 Å². The van der Waals surface area contributed by atoms with Crippen LogP contribution < -0.4 is 5.32 Å². The van der Waals surface area contributed by atoms with Crippen molar-refractivity contribution in [2.45, 2.75) is 33.7 Å². The number of hydrogen-bond acceptors (Lipinski definition) is 2. The third-order valence-corrected chi connectivity index (χ3v) is 3.27. The number of carbonyl (C=O) groups excluding carboxylic acids is 1. The van der Waals surface area contributed by atoms with Crippen molar-refractivity contribution in [1.82, 2.24) is 5.32 Å². The first-order chi connectivity index (χ1) is 7.15. The SMILES string of the molecule is CC/C=C(\C)C(=O)NCc1sccc1C. The summed E-state index contributed by atoms with van der Waals surface area (Å²) in [5.74, 6) is 0.0321. The highest BCUT2D eigenvalue weighted by Crippen LogP contribution is 2.14. The summed E-state index contributed by atoms with van der Waals surface area (Å²) in [6, 6.07) is 2.07. The van der Waals surface area contributed by atoms with Crippen LogP contribution in [0.1, 0.15) is 30.7 Å². The molecule has 0 aliphatic rings. The van der Waals surface area contributed by atoms with Crippen molar-refractivity contribution in [2.24, 2.45) is 0 Å². The van der Waals surface area contributed by atoms with Gasteiger partial charge in [0.2, 0.25) is 5.91 Å².